The van der Waals surface area contributed by atoms with E-state index in [0.717, 1.165) is 5.56 Å². The maximum atomic E-state index is 15.0. The molecular weight excluding hydrogens is 547 g/mol. The zero-order valence-corrected chi connectivity index (χ0v) is 22.5. The Morgan fingerprint density at radius 1 is 0.650 bits per heavy atom. The van der Waals surface area contributed by atoms with E-state index in [1.807, 2.05) is 13.8 Å². The second kappa shape index (κ2) is 11.9. The van der Waals surface area contributed by atoms with Gasteiger partial charge in [0.25, 0.3) is 0 Å². The normalized spacial score (nSPS) is 13.6. The molecule has 0 aliphatic rings. The Balaban J connectivity index is 1.98. The van der Waals surface area contributed by atoms with Gasteiger partial charge in [-0.05, 0) is 28.2 Å². The Labute approximate surface area is 229 Å². The van der Waals surface area contributed by atoms with E-state index < -0.39 is 62.6 Å². The molecule has 0 aliphatic heterocycles. The van der Waals surface area contributed by atoms with E-state index in [9.17, 15) is 30.4 Å². The van der Waals surface area contributed by atoms with Crippen LogP contribution in [0.3, 0.4) is 0 Å². The standard InChI is InChI=1S/C30H27F5N2O2S/c1-18(2)20-15-13-19(14-16-20)17-37(40(38,39)30-26(34)24(32)23(31)25(33)27(30)35)29(22-11-7-4-8-12-22)28(36)21-9-5-3-6-10-21/h3-16,18,28-29H,17,36H2,1-2H3/t28-,29-/m1/s1. The van der Waals surface area contributed by atoms with Crippen molar-refractivity contribution >= 4 is 10.0 Å². The van der Waals surface area contributed by atoms with E-state index in [4.69, 9.17) is 5.73 Å². The SMILES string of the molecule is CC(C)c1ccc(CN([C@H](c2ccccc2)[C@H](N)c2ccccc2)S(=O)(=O)c2c(F)c(F)c(F)c(F)c2F)cc1. The zero-order valence-electron chi connectivity index (χ0n) is 21.7. The van der Waals surface area contributed by atoms with Gasteiger partial charge in [0.1, 0.15) is 0 Å². The summed E-state index contributed by atoms with van der Waals surface area (Å²) in [5, 5.41) is 0. The molecule has 0 spiro atoms. The summed E-state index contributed by atoms with van der Waals surface area (Å²) in [7, 11) is -5.39. The van der Waals surface area contributed by atoms with Crippen LogP contribution >= 0.6 is 0 Å². The summed E-state index contributed by atoms with van der Waals surface area (Å²) in [6, 6.07) is 21.0. The van der Waals surface area contributed by atoms with Crippen molar-refractivity contribution in [1.82, 2.24) is 4.31 Å². The van der Waals surface area contributed by atoms with Crippen molar-refractivity contribution in [3.8, 4) is 0 Å². The van der Waals surface area contributed by atoms with Gasteiger partial charge >= 0.3 is 0 Å². The second-order valence-electron chi connectivity index (χ2n) is 9.64. The average Bonchev–Trinajstić information content (AvgIpc) is 2.96. The summed E-state index contributed by atoms with van der Waals surface area (Å²) in [6.45, 7) is 3.47. The number of nitrogens with two attached hydrogens (primary N) is 1. The number of hydrogen-bond donors (Lipinski definition) is 1. The third-order valence-electron chi connectivity index (χ3n) is 6.70. The maximum Gasteiger partial charge on any atom is 0.250 e. The van der Waals surface area contributed by atoms with Gasteiger partial charge in [0, 0.05) is 6.54 Å². The molecule has 40 heavy (non-hydrogen) atoms. The minimum Gasteiger partial charge on any atom is -0.322 e. The highest BCUT2D eigenvalue weighted by molar-refractivity contribution is 7.89. The Morgan fingerprint density at radius 3 is 1.57 bits per heavy atom. The van der Waals surface area contributed by atoms with Crippen LogP contribution in [0.1, 0.15) is 54.1 Å². The number of sulfonamides is 1. The maximum absolute atomic E-state index is 15.0. The van der Waals surface area contributed by atoms with Gasteiger partial charge in [0.15, 0.2) is 28.2 Å². The van der Waals surface area contributed by atoms with Crippen molar-refractivity contribution in [2.45, 2.75) is 43.3 Å². The van der Waals surface area contributed by atoms with Crippen LogP contribution in [0.2, 0.25) is 0 Å². The molecule has 2 N–H and O–H groups in total. The van der Waals surface area contributed by atoms with Gasteiger partial charge in [-0.25, -0.2) is 30.4 Å². The smallest absolute Gasteiger partial charge is 0.250 e. The Hall–Kier alpha value is -3.60. The Bertz CT molecular complexity index is 1550. The highest BCUT2D eigenvalue weighted by Crippen LogP contribution is 2.39. The average molecular weight is 575 g/mol. The monoisotopic (exact) mass is 574 g/mol. The van der Waals surface area contributed by atoms with Gasteiger partial charge in [-0.1, -0.05) is 98.8 Å². The highest BCUT2D eigenvalue weighted by atomic mass is 32.2. The fraction of sp³-hybridized carbons (Fsp3) is 0.200. The van der Waals surface area contributed by atoms with Gasteiger partial charge in [0.2, 0.25) is 15.8 Å². The predicted octanol–water partition coefficient (Wildman–Crippen LogP) is 7.14. The minimum absolute atomic E-state index is 0.172. The number of hydrogen-bond acceptors (Lipinski definition) is 3. The second-order valence-corrected chi connectivity index (χ2v) is 11.5. The lowest BCUT2D eigenvalue weighted by Gasteiger charge is -2.35. The molecule has 0 unspecified atom stereocenters. The summed E-state index contributed by atoms with van der Waals surface area (Å²) in [5.41, 5.74) is 8.84. The molecule has 0 aliphatic carbocycles. The predicted molar refractivity (Wildman–Crippen MR) is 142 cm³/mol. The minimum atomic E-state index is -5.39. The molecule has 4 aromatic rings. The van der Waals surface area contributed by atoms with Gasteiger partial charge < -0.3 is 5.73 Å². The fourth-order valence-corrected chi connectivity index (χ4v) is 6.25. The van der Waals surface area contributed by atoms with Crippen molar-refractivity contribution < 1.29 is 30.4 Å². The van der Waals surface area contributed by atoms with E-state index in [1.165, 1.54) is 0 Å². The van der Waals surface area contributed by atoms with Crippen molar-refractivity contribution in [2.24, 2.45) is 5.73 Å². The van der Waals surface area contributed by atoms with Crippen molar-refractivity contribution in [1.29, 1.82) is 0 Å². The molecule has 4 nitrogen and oxygen atoms in total. The lowest BCUT2D eigenvalue weighted by atomic mass is 9.93. The molecule has 0 saturated carbocycles. The third kappa shape index (κ3) is 5.65. The van der Waals surface area contributed by atoms with Crippen LogP contribution in [0.5, 0.6) is 0 Å². The van der Waals surface area contributed by atoms with Crippen LogP contribution in [0.25, 0.3) is 0 Å². The van der Waals surface area contributed by atoms with E-state index in [1.54, 1.807) is 84.9 Å². The molecule has 0 amide bonds. The first-order valence-electron chi connectivity index (χ1n) is 12.4. The van der Waals surface area contributed by atoms with Crippen LogP contribution in [0.4, 0.5) is 22.0 Å². The first-order valence-corrected chi connectivity index (χ1v) is 13.9. The lowest BCUT2D eigenvalue weighted by molar-refractivity contribution is 0.273. The third-order valence-corrected chi connectivity index (χ3v) is 8.55. The van der Waals surface area contributed by atoms with Gasteiger partial charge in [-0.3, -0.25) is 0 Å². The molecule has 0 aromatic heterocycles. The number of nitrogens with zero attached hydrogens (tertiary/aromatic N) is 1. The Kier molecular flexibility index (Phi) is 8.72. The van der Waals surface area contributed by atoms with Gasteiger partial charge in [0.05, 0.1) is 12.1 Å². The molecule has 0 saturated heterocycles. The van der Waals surface area contributed by atoms with Crippen molar-refractivity contribution in [2.75, 3.05) is 0 Å². The van der Waals surface area contributed by atoms with Crippen LogP contribution in [-0.4, -0.2) is 12.7 Å². The summed E-state index contributed by atoms with van der Waals surface area (Å²) >= 11 is 0. The molecule has 0 bridgehead atoms. The summed E-state index contributed by atoms with van der Waals surface area (Å²) in [6.07, 6.45) is 0. The van der Waals surface area contributed by atoms with E-state index >= 15 is 0 Å². The summed E-state index contributed by atoms with van der Waals surface area (Å²) in [5.74, 6) is -11.9. The van der Waals surface area contributed by atoms with Crippen molar-refractivity contribution in [3.63, 3.8) is 0 Å². The number of halogens is 5. The molecule has 210 valence electrons. The number of benzene rings is 4. The molecule has 0 heterocycles. The molecule has 2 atom stereocenters. The molecular formula is C30H27F5N2O2S. The Morgan fingerprint density at radius 2 is 1.10 bits per heavy atom. The van der Waals surface area contributed by atoms with E-state index in [0.29, 0.717) is 21.0 Å². The highest BCUT2D eigenvalue weighted by Gasteiger charge is 2.42. The van der Waals surface area contributed by atoms with Gasteiger partial charge in [-0.2, -0.15) is 4.31 Å². The van der Waals surface area contributed by atoms with Crippen LogP contribution in [0.15, 0.2) is 89.8 Å². The van der Waals surface area contributed by atoms with Gasteiger partial charge in [-0.15, -0.1) is 0 Å². The summed E-state index contributed by atoms with van der Waals surface area (Å²) in [4.78, 5) is -1.94. The zero-order chi connectivity index (χ0) is 29.2. The first-order chi connectivity index (χ1) is 18.9. The fourth-order valence-electron chi connectivity index (χ4n) is 4.51. The largest absolute Gasteiger partial charge is 0.322 e. The molecule has 4 aromatic carbocycles. The number of rotatable bonds is 9. The van der Waals surface area contributed by atoms with E-state index in [2.05, 4.69) is 0 Å². The van der Waals surface area contributed by atoms with E-state index in [-0.39, 0.29) is 5.92 Å². The van der Waals surface area contributed by atoms with Crippen LogP contribution in [-0.2, 0) is 16.6 Å². The topological polar surface area (TPSA) is 63.4 Å². The quantitative estimate of drug-likeness (QED) is 0.131. The summed E-state index contributed by atoms with van der Waals surface area (Å²) < 4.78 is 101. The lowest BCUT2D eigenvalue weighted by Crippen LogP contribution is -2.41. The first kappa shape index (κ1) is 29.4. The molecule has 4 rings (SSSR count). The van der Waals surface area contributed by atoms with Crippen LogP contribution < -0.4 is 5.73 Å². The molecule has 10 heteroatoms. The molecule has 0 radical (unpaired) electrons. The van der Waals surface area contributed by atoms with Crippen molar-refractivity contribution in [3.05, 3.63) is 136 Å². The van der Waals surface area contributed by atoms with Crippen LogP contribution in [0, 0.1) is 29.1 Å². The molecule has 0 fully saturated rings.